The Morgan fingerprint density at radius 2 is 2.28 bits per heavy atom. The van der Waals surface area contributed by atoms with E-state index < -0.39 is 0 Å². The van der Waals surface area contributed by atoms with E-state index in [-0.39, 0.29) is 0 Å². The van der Waals surface area contributed by atoms with Crippen LogP contribution in [0, 0.1) is 11.8 Å². The molecular weight excluding hydrogens is 224 g/mol. The fourth-order valence-corrected chi connectivity index (χ4v) is 3.15. The summed E-state index contributed by atoms with van der Waals surface area (Å²) >= 11 is 0. The molecule has 2 rings (SSSR count). The van der Waals surface area contributed by atoms with Crippen LogP contribution in [0.15, 0.2) is 18.5 Å². The Bertz CT molecular complexity index is 381. The van der Waals surface area contributed by atoms with Gasteiger partial charge in [0, 0.05) is 12.2 Å². The van der Waals surface area contributed by atoms with Crippen molar-refractivity contribution in [3.8, 4) is 5.75 Å². The van der Waals surface area contributed by atoms with E-state index in [0.29, 0.717) is 18.6 Å². The van der Waals surface area contributed by atoms with Crippen molar-refractivity contribution in [3.63, 3.8) is 0 Å². The van der Waals surface area contributed by atoms with Crippen molar-refractivity contribution in [1.82, 2.24) is 10.3 Å². The van der Waals surface area contributed by atoms with Gasteiger partial charge >= 0.3 is 0 Å². The Morgan fingerprint density at radius 1 is 1.44 bits per heavy atom. The highest BCUT2D eigenvalue weighted by Crippen LogP contribution is 2.40. The lowest BCUT2D eigenvalue weighted by Crippen LogP contribution is -2.27. The average molecular weight is 248 g/mol. The molecule has 3 unspecified atom stereocenters. The summed E-state index contributed by atoms with van der Waals surface area (Å²) in [6.45, 7) is 5.05. The first-order chi connectivity index (χ1) is 8.76. The largest absolute Gasteiger partial charge is 0.492 e. The maximum Gasteiger partial charge on any atom is 0.137 e. The van der Waals surface area contributed by atoms with Crippen LogP contribution in [-0.4, -0.2) is 18.6 Å². The Balaban J connectivity index is 2.18. The van der Waals surface area contributed by atoms with E-state index >= 15 is 0 Å². The standard InChI is InChI=1S/C15H24N2O/c1-4-18-13-8-12(9-17-10-13)15(16-3)14-7-5-6-11(14)2/h8-11,14-16H,4-7H2,1-3H3. The van der Waals surface area contributed by atoms with Crippen LogP contribution in [0.5, 0.6) is 5.75 Å². The number of hydrogen-bond acceptors (Lipinski definition) is 3. The molecule has 0 bridgehead atoms. The third-order valence-corrected chi connectivity index (χ3v) is 4.07. The van der Waals surface area contributed by atoms with Crippen LogP contribution in [0.2, 0.25) is 0 Å². The van der Waals surface area contributed by atoms with Gasteiger partial charge in [0.1, 0.15) is 5.75 Å². The predicted molar refractivity (Wildman–Crippen MR) is 73.7 cm³/mol. The summed E-state index contributed by atoms with van der Waals surface area (Å²) < 4.78 is 5.54. The number of ether oxygens (including phenoxy) is 1. The molecule has 3 atom stereocenters. The minimum atomic E-state index is 0.399. The Labute approximate surface area is 110 Å². The summed E-state index contributed by atoms with van der Waals surface area (Å²) in [7, 11) is 2.04. The van der Waals surface area contributed by atoms with Crippen LogP contribution in [0.25, 0.3) is 0 Å². The fourth-order valence-electron chi connectivity index (χ4n) is 3.15. The Kier molecular flexibility index (Phi) is 4.59. The minimum absolute atomic E-state index is 0.399. The first kappa shape index (κ1) is 13.3. The Hall–Kier alpha value is -1.09. The number of nitrogens with one attached hydrogen (secondary N) is 1. The molecule has 0 aliphatic heterocycles. The van der Waals surface area contributed by atoms with Crippen LogP contribution >= 0.6 is 0 Å². The molecule has 0 radical (unpaired) electrons. The van der Waals surface area contributed by atoms with Gasteiger partial charge in [0.25, 0.3) is 0 Å². The minimum Gasteiger partial charge on any atom is -0.492 e. The summed E-state index contributed by atoms with van der Waals surface area (Å²) in [6.07, 6.45) is 7.77. The number of pyridine rings is 1. The molecule has 3 nitrogen and oxygen atoms in total. The maximum atomic E-state index is 5.54. The SMILES string of the molecule is CCOc1cncc(C(NC)C2CCCC2C)c1. The van der Waals surface area contributed by atoms with Crippen LogP contribution in [0.1, 0.15) is 44.7 Å². The van der Waals surface area contributed by atoms with Gasteiger partial charge in [-0.15, -0.1) is 0 Å². The Morgan fingerprint density at radius 3 is 2.89 bits per heavy atom. The molecule has 0 spiro atoms. The summed E-state index contributed by atoms with van der Waals surface area (Å²) in [5, 5.41) is 3.46. The van der Waals surface area contributed by atoms with Gasteiger partial charge in [-0.05, 0) is 43.9 Å². The van der Waals surface area contributed by atoms with Gasteiger partial charge < -0.3 is 10.1 Å². The molecule has 3 heteroatoms. The molecule has 1 aromatic rings. The predicted octanol–water partition coefficient (Wildman–Crippen LogP) is 3.18. The third-order valence-electron chi connectivity index (χ3n) is 4.07. The number of nitrogens with zero attached hydrogens (tertiary/aromatic N) is 1. The normalized spacial score (nSPS) is 25.1. The molecule has 0 saturated heterocycles. The monoisotopic (exact) mass is 248 g/mol. The van der Waals surface area contributed by atoms with Crippen molar-refractivity contribution in [2.45, 2.75) is 39.2 Å². The van der Waals surface area contributed by atoms with Gasteiger partial charge in [0.05, 0.1) is 12.8 Å². The van der Waals surface area contributed by atoms with Crippen molar-refractivity contribution in [2.24, 2.45) is 11.8 Å². The van der Waals surface area contributed by atoms with Crippen LogP contribution in [0.4, 0.5) is 0 Å². The van der Waals surface area contributed by atoms with Gasteiger partial charge in [0.2, 0.25) is 0 Å². The molecule has 1 N–H and O–H groups in total. The van der Waals surface area contributed by atoms with Crippen molar-refractivity contribution in [1.29, 1.82) is 0 Å². The second-order valence-electron chi connectivity index (χ2n) is 5.23. The molecule has 1 fully saturated rings. The molecular formula is C15H24N2O. The quantitative estimate of drug-likeness (QED) is 0.869. The van der Waals surface area contributed by atoms with Gasteiger partial charge in [-0.1, -0.05) is 19.8 Å². The first-order valence-electron chi connectivity index (χ1n) is 7.01. The molecule has 1 saturated carbocycles. The van der Waals surface area contributed by atoms with E-state index in [1.807, 2.05) is 20.2 Å². The van der Waals surface area contributed by atoms with E-state index in [0.717, 1.165) is 11.7 Å². The molecule has 1 aliphatic rings. The molecule has 1 aliphatic carbocycles. The topological polar surface area (TPSA) is 34.1 Å². The zero-order valence-electron chi connectivity index (χ0n) is 11.6. The summed E-state index contributed by atoms with van der Waals surface area (Å²) in [4.78, 5) is 4.30. The molecule has 18 heavy (non-hydrogen) atoms. The zero-order valence-corrected chi connectivity index (χ0v) is 11.6. The van der Waals surface area contributed by atoms with Gasteiger partial charge in [-0.3, -0.25) is 4.98 Å². The molecule has 100 valence electrons. The van der Waals surface area contributed by atoms with Crippen LogP contribution in [0.3, 0.4) is 0 Å². The zero-order chi connectivity index (χ0) is 13.0. The summed E-state index contributed by atoms with van der Waals surface area (Å²) in [5.74, 6) is 2.38. The fraction of sp³-hybridized carbons (Fsp3) is 0.667. The molecule has 0 aromatic carbocycles. The van der Waals surface area contributed by atoms with Gasteiger partial charge in [0.15, 0.2) is 0 Å². The highest BCUT2D eigenvalue weighted by Gasteiger charge is 2.31. The van der Waals surface area contributed by atoms with E-state index in [1.54, 1.807) is 6.20 Å². The van der Waals surface area contributed by atoms with Crippen LogP contribution < -0.4 is 10.1 Å². The second kappa shape index (κ2) is 6.19. The second-order valence-corrected chi connectivity index (χ2v) is 5.23. The highest BCUT2D eigenvalue weighted by molar-refractivity contribution is 5.26. The van der Waals surface area contributed by atoms with Crippen molar-refractivity contribution in [2.75, 3.05) is 13.7 Å². The highest BCUT2D eigenvalue weighted by atomic mass is 16.5. The maximum absolute atomic E-state index is 5.54. The summed E-state index contributed by atoms with van der Waals surface area (Å²) in [5.41, 5.74) is 1.25. The molecule has 1 aromatic heterocycles. The lowest BCUT2D eigenvalue weighted by Gasteiger charge is -2.27. The first-order valence-corrected chi connectivity index (χ1v) is 7.01. The smallest absolute Gasteiger partial charge is 0.137 e. The number of aromatic nitrogens is 1. The summed E-state index contributed by atoms with van der Waals surface area (Å²) in [6, 6.07) is 2.53. The lowest BCUT2D eigenvalue weighted by atomic mass is 9.86. The van der Waals surface area contributed by atoms with Crippen molar-refractivity contribution >= 4 is 0 Å². The molecule has 1 heterocycles. The van der Waals surface area contributed by atoms with E-state index in [9.17, 15) is 0 Å². The van der Waals surface area contributed by atoms with E-state index in [2.05, 4.69) is 23.3 Å². The number of rotatable bonds is 5. The average Bonchev–Trinajstić information content (AvgIpc) is 2.78. The van der Waals surface area contributed by atoms with Crippen LogP contribution in [-0.2, 0) is 0 Å². The van der Waals surface area contributed by atoms with E-state index in [1.165, 1.54) is 24.8 Å². The van der Waals surface area contributed by atoms with Crippen molar-refractivity contribution < 1.29 is 4.74 Å². The van der Waals surface area contributed by atoms with E-state index in [4.69, 9.17) is 4.74 Å². The van der Waals surface area contributed by atoms with Gasteiger partial charge in [-0.2, -0.15) is 0 Å². The molecule has 0 amide bonds. The third kappa shape index (κ3) is 2.83. The van der Waals surface area contributed by atoms with Gasteiger partial charge in [-0.25, -0.2) is 0 Å². The lowest BCUT2D eigenvalue weighted by molar-refractivity contribution is 0.310. The number of hydrogen-bond donors (Lipinski definition) is 1. The van der Waals surface area contributed by atoms with Crippen molar-refractivity contribution in [3.05, 3.63) is 24.0 Å².